The lowest BCUT2D eigenvalue weighted by Crippen LogP contribution is -2.35. The van der Waals surface area contributed by atoms with Crippen LogP contribution in [0.15, 0.2) is 48.5 Å². The van der Waals surface area contributed by atoms with Gasteiger partial charge in [0, 0.05) is 30.3 Å². The summed E-state index contributed by atoms with van der Waals surface area (Å²) in [6.07, 6.45) is 0.679. The molecule has 0 aliphatic carbocycles. The Bertz CT molecular complexity index is 716. The Hall–Kier alpha value is -2.73. The van der Waals surface area contributed by atoms with E-state index in [2.05, 4.69) is 0 Å². The second-order valence-electron chi connectivity index (χ2n) is 5.51. The highest BCUT2D eigenvalue weighted by molar-refractivity contribution is 5.94. The van der Waals surface area contributed by atoms with Crippen LogP contribution in [0.2, 0.25) is 0 Å². The molecule has 0 saturated carbocycles. The van der Waals surface area contributed by atoms with Crippen molar-refractivity contribution in [2.24, 2.45) is 0 Å². The van der Waals surface area contributed by atoms with Crippen molar-refractivity contribution < 1.29 is 14.8 Å². The van der Waals surface area contributed by atoms with Crippen molar-refractivity contribution in [2.45, 2.75) is 13.3 Å². The lowest BCUT2D eigenvalue weighted by Gasteiger charge is -2.22. The molecule has 1 amide bonds. The van der Waals surface area contributed by atoms with Gasteiger partial charge in [0.25, 0.3) is 11.6 Å². The first kappa shape index (κ1) is 17.6. The number of rotatable bonds is 7. The Kier molecular flexibility index (Phi) is 6.03. The molecule has 0 aromatic heterocycles. The third kappa shape index (κ3) is 4.39. The van der Waals surface area contributed by atoms with E-state index < -0.39 is 4.92 Å². The molecule has 2 aromatic rings. The van der Waals surface area contributed by atoms with Gasteiger partial charge in [0.2, 0.25) is 0 Å². The van der Waals surface area contributed by atoms with Crippen LogP contribution in [0.1, 0.15) is 21.5 Å². The summed E-state index contributed by atoms with van der Waals surface area (Å²) >= 11 is 0. The smallest absolute Gasteiger partial charge is 0.272 e. The summed E-state index contributed by atoms with van der Waals surface area (Å²) in [7, 11) is 0. The van der Waals surface area contributed by atoms with Gasteiger partial charge in [-0.2, -0.15) is 0 Å². The van der Waals surface area contributed by atoms with Crippen molar-refractivity contribution in [3.8, 4) is 0 Å². The molecular formula is C18H20N2O4. The number of carbonyl (C=O) groups excluding carboxylic acids is 1. The number of nitrogens with zero attached hydrogens (tertiary/aromatic N) is 2. The highest BCUT2D eigenvalue weighted by Crippen LogP contribution is 2.20. The molecule has 0 saturated heterocycles. The van der Waals surface area contributed by atoms with Crippen molar-refractivity contribution in [2.75, 3.05) is 19.7 Å². The molecule has 6 nitrogen and oxygen atoms in total. The minimum atomic E-state index is -0.468. The zero-order chi connectivity index (χ0) is 17.5. The molecule has 24 heavy (non-hydrogen) atoms. The van der Waals surface area contributed by atoms with E-state index in [-0.39, 0.29) is 24.7 Å². The zero-order valence-electron chi connectivity index (χ0n) is 13.5. The summed E-state index contributed by atoms with van der Waals surface area (Å²) in [5, 5.41) is 20.1. The predicted molar refractivity (Wildman–Crippen MR) is 91.0 cm³/mol. The zero-order valence-corrected chi connectivity index (χ0v) is 13.5. The van der Waals surface area contributed by atoms with Gasteiger partial charge in [0.1, 0.15) is 0 Å². The largest absolute Gasteiger partial charge is 0.395 e. The number of carbonyl (C=O) groups is 1. The highest BCUT2D eigenvalue weighted by atomic mass is 16.6. The van der Waals surface area contributed by atoms with Crippen molar-refractivity contribution in [1.29, 1.82) is 0 Å². The predicted octanol–water partition coefficient (Wildman–Crippen LogP) is 2.58. The van der Waals surface area contributed by atoms with E-state index in [0.29, 0.717) is 24.1 Å². The van der Waals surface area contributed by atoms with Crippen LogP contribution in [0.3, 0.4) is 0 Å². The number of nitro benzene ring substituents is 1. The number of hydrogen-bond donors (Lipinski definition) is 1. The number of benzene rings is 2. The van der Waals surface area contributed by atoms with Gasteiger partial charge in [-0.15, -0.1) is 0 Å². The Labute approximate surface area is 140 Å². The number of amides is 1. The van der Waals surface area contributed by atoms with E-state index in [4.69, 9.17) is 0 Å². The molecule has 0 bridgehead atoms. The van der Waals surface area contributed by atoms with E-state index in [1.807, 2.05) is 30.3 Å². The van der Waals surface area contributed by atoms with Crippen LogP contribution in [0.25, 0.3) is 0 Å². The van der Waals surface area contributed by atoms with Crippen LogP contribution in [0.5, 0.6) is 0 Å². The molecule has 0 atom stereocenters. The molecule has 2 aromatic carbocycles. The summed E-state index contributed by atoms with van der Waals surface area (Å²) in [6, 6.07) is 14.1. The van der Waals surface area contributed by atoms with Crippen LogP contribution in [-0.4, -0.2) is 40.5 Å². The maximum absolute atomic E-state index is 12.6. The minimum Gasteiger partial charge on any atom is -0.395 e. The number of aryl methyl sites for hydroxylation is 1. The third-order valence-electron chi connectivity index (χ3n) is 3.81. The number of hydrogen-bond acceptors (Lipinski definition) is 4. The number of aliphatic hydroxyl groups excluding tert-OH is 1. The van der Waals surface area contributed by atoms with Crippen molar-refractivity contribution in [3.05, 3.63) is 75.3 Å². The molecule has 0 spiro atoms. The second-order valence-corrected chi connectivity index (χ2v) is 5.51. The van der Waals surface area contributed by atoms with E-state index in [0.717, 1.165) is 5.56 Å². The maximum Gasteiger partial charge on any atom is 0.272 e. The fourth-order valence-corrected chi connectivity index (χ4v) is 2.52. The standard InChI is InChI=1S/C18H20N2O4/c1-14-13-16(7-8-17(14)20(23)24)18(22)19(11-12-21)10-9-15-5-3-2-4-6-15/h2-8,13,21H,9-12H2,1H3. The van der Waals surface area contributed by atoms with Gasteiger partial charge in [-0.3, -0.25) is 14.9 Å². The third-order valence-corrected chi connectivity index (χ3v) is 3.81. The normalized spacial score (nSPS) is 10.4. The second kappa shape index (κ2) is 8.21. The molecule has 0 radical (unpaired) electrons. The molecule has 2 rings (SSSR count). The number of aliphatic hydroxyl groups is 1. The Morgan fingerprint density at radius 2 is 1.88 bits per heavy atom. The molecule has 126 valence electrons. The molecular weight excluding hydrogens is 308 g/mol. The Morgan fingerprint density at radius 3 is 2.46 bits per heavy atom. The van der Waals surface area contributed by atoms with Gasteiger partial charge in [0.05, 0.1) is 11.5 Å². The molecule has 0 heterocycles. The first-order valence-corrected chi connectivity index (χ1v) is 7.72. The first-order valence-electron chi connectivity index (χ1n) is 7.72. The fourth-order valence-electron chi connectivity index (χ4n) is 2.52. The van der Waals surface area contributed by atoms with Crippen LogP contribution < -0.4 is 0 Å². The Balaban J connectivity index is 2.13. The van der Waals surface area contributed by atoms with Crippen LogP contribution in [-0.2, 0) is 6.42 Å². The van der Waals surface area contributed by atoms with E-state index in [1.54, 1.807) is 11.8 Å². The topological polar surface area (TPSA) is 83.7 Å². The maximum atomic E-state index is 12.6. The lowest BCUT2D eigenvalue weighted by molar-refractivity contribution is -0.385. The molecule has 0 fully saturated rings. The monoisotopic (exact) mass is 328 g/mol. The van der Waals surface area contributed by atoms with Gasteiger partial charge in [0.15, 0.2) is 0 Å². The van der Waals surface area contributed by atoms with Gasteiger partial charge in [-0.25, -0.2) is 0 Å². The molecule has 0 unspecified atom stereocenters. The van der Waals surface area contributed by atoms with Crippen LogP contribution >= 0.6 is 0 Å². The first-order chi connectivity index (χ1) is 11.5. The molecule has 6 heteroatoms. The van der Waals surface area contributed by atoms with Gasteiger partial charge in [-0.1, -0.05) is 30.3 Å². The van der Waals surface area contributed by atoms with Crippen molar-refractivity contribution in [1.82, 2.24) is 4.90 Å². The molecule has 0 aliphatic heterocycles. The van der Waals surface area contributed by atoms with Gasteiger partial charge < -0.3 is 10.0 Å². The van der Waals surface area contributed by atoms with Crippen LogP contribution in [0.4, 0.5) is 5.69 Å². The average Bonchev–Trinajstić information content (AvgIpc) is 2.58. The van der Waals surface area contributed by atoms with E-state index in [1.165, 1.54) is 18.2 Å². The lowest BCUT2D eigenvalue weighted by atomic mass is 10.1. The average molecular weight is 328 g/mol. The van der Waals surface area contributed by atoms with Crippen molar-refractivity contribution >= 4 is 11.6 Å². The highest BCUT2D eigenvalue weighted by Gasteiger charge is 2.18. The summed E-state index contributed by atoms with van der Waals surface area (Å²) in [6.45, 7) is 2.17. The minimum absolute atomic E-state index is 0.00968. The molecule has 0 aliphatic rings. The number of nitro groups is 1. The van der Waals surface area contributed by atoms with Gasteiger partial charge in [-0.05, 0) is 31.0 Å². The summed E-state index contributed by atoms with van der Waals surface area (Å²) in [5.41, 5.74) is 1.93. The van der Waals surface area contributed by atoms with E-state index >= 15 is 0 Å². The summed E-state index contributed by atoms with van der Waals surface area (Å²) < 4.78 is 0. The van der Waals surface area contributed by atoms with E-state index in [9.17, 15) is 20.0 Å². The summed E-state index contributed by atoms with van der Waals surface area (Å²) in [5.74, 6) is -0.238. The quantitative estimate of drug-likeness (QED) is 0.625. The Morgan fingerprint density at radius 1 is 1.17 bits per heavy atom. The van der Waals surface area contributed by atoms with Gasteiger partial charge >= 0.3 is 0 Å². The summed E-state index contributed by atoms with van der Waals surface area (Å²) in [4.78, 5) is 24.6. The fraction of sp³-hybridized carbons (Fsp3) is 0.278. The van der Waals surface area contributed by atoms with Crippen molar-refractivity contribution in [3.63, 3.8) is 0 Å². The molecule has 1 N–H and O–H groups in total. The SMILES string of the molecule is Cc1cc(C(=O)N(CCO)CCc2ccccc2)ccc1[N+](=O)[O-]. The van der Waals surface area contributed by atoms with Crippen LogP contribution in [0, 0.1) is 17.0 Å².